The number of imidazole rings is 1. The zero-order valence-electron chi connectivity index (χ0n) is 9.10. The molecular weight excluding hydrogens is 240 g/mol. The van der Waals surface area contributed by atoms with Gasteiger partial charge < -0.3 is 9.45 Å². The summed E-state index contributed by atoms with van der Waals surface area (Å²) in [6.07, 6.45) is 3.56. The van der Waals surface area contributed by atoms with Crippen molar-refractivity contribution in [3.05, 3.63) is 47.5 Å². The number of hydrogen-bond donors (Lipinski definition) is 0. The van der Waals surface area contributed by atoms with E-state index in [4.69, 9.17) is 21.4 Å². The number of benzene rings is 1. The van der Waals surface area contributed by atoms with Crippen LogP contribution in [0.4, 0.5) is 0 Å². The Labute approximate surface area is 104 Å². The summed E-state index contributed by atoms with van der Waals surface area (Å²) in [5, 5.41) is 0. The second-order valence-electron chi connectivity index (χ2n) is 3.93. The van der Waals surface area contributed by atoms with E-state index in [2.05, 4.69) is 11.1 Å². The van der Waals surface area contributed by atoms with Crippen molar-refractivity contribution in [2.75, 3.05) is 0 Å². The van der Waals surface area contributed by atoms with Crippen LogP contribution in [0.15, 0.2) is 30.7 Å². The minimum atomic E-state index is 0.463. The highest BCUT2D eigenvalue weighted by Gasteiger charge is 2.14. The molecule has 5 heteroatoms. The molecule has 0 unspecified atom stereocenters. The summed E-state index contributed by atoms with van der Waals surface area (Å²) in [6.45, 7) is 1.26. The first kappa shape index (κ1) is 10.6. The van der Waals surface area contributed by atoms with Crippen LogP contribution < -0.4 is 4.89 Å². The van der Waals surface area contributed by atoms with Crippen molar-refractivity contribution in [3.8, 4) is 5.75 Å². The Kier molecular flexibility index (Phi) is 2.74. The molecule has 0 amide bonds. The molecule has 0 fully saturated rings. The summed E-state index contributed by atoms with van der Waals surface area (Å²) in [5.74, 6) is 1.26. The molecule has 1 aromatic heterocycles. The average molecular weight is 251 g/mol. The lowest BCUT2D eigenvalue weighted by Crippen LogP contribution is -2.01. The van der Waals surface area contributed by atoms with Crippen LogP contribution in [0.1, 0.15) is 16.8 Å². The van der Waals surface area contributed by atoms with Crippen LogP contribution in [-0.4, -0.2) is 9.55 Å². The van der Waals surface area contributed by atoms with Crippen molar-refractivity contribution >= 4 is 11.6 Å². The highest BCUT2D eigenvalue weighted by atomic mass is 35.5. The van der Waals surface area contributed by atoms with Crippen LogP contribution in [0.5, 0.6) is 5.75 Å². The normalized spacial score (nSPS) is 13.5. The Hall–Kier alpha value is -1.52. The molecule has 2 aromatic rings. The molecule has 0 aliphatic carbocycles. The minimum absolute atomic E-state index is 0.463. The molecule has 3 rings (SSSR count). The molecule has 88 valence electrons. The van der Waals surface area contributed by atoms with Gasteiger partial charge in [-0.2, -0.15) is 4.89 Å². The first-order valence-electron chi connectivity index (χ1n) is 5.33. The van der Waals surface area contributed by atoms with Gasteiger partial charge in [0.25, 0.3) is 0 Å². The molecule has 0 spiro atoms. The van der Waals surface area contributed by atoms with Gasteiger partial charge in [-0.05, 0) is 11.6 Å². The van der Waals surface area contributed by atoms with Gasteiger partial charge in [0.05, 0.1) is 17.9 Å². The lowest BCUT2D eigenvalue weighted by Gasteiger charge is -2.06. The molecule has 1 aliphatic rings. The van der Waals surface area contributed by atoms with Crippen molar-refractivity contribution in [2.24, 2.45) is 0 Å². The SMILES string of the molecule is ClCc1cncn1Cc1ccc2c(c1)OOC2. The Bertz CT molecular complexity index is 539. The summed E-state index contributed by atoms with van der Waals surface area (Å²) in [4.78, 5) is 14.1. The molecule has 0 bridgehead atoms. The summed E-state index contributed by atoms with van der Waals surface area (Å²) in [6, 6.07) is 6.07. The minimum Gasteiger partial charge on any atom is -0.337 e. The monoisotopic (exact) mass is 250 g/mol. The van der Waals surface area contributed by atoms with Crippen molar-refractivity contribution in [1.29, 1.82) is 0 Å². The fourth-order valence-corrected chi connectivity index (χ4v) is 2.07. The van der Waals surface area contributed by atoms with E-state index in [0.717, 1.165) is 29.1 Å². The smallest absolute Gasteiger partial charge is 0.171 e. The lowest BCUT2D eigenvalue weighted by molar-refractivity contribution is -0.194. The summed E-state index contributed by atoms with van der Waals surface area (Å²) >= 11 is 5.83. The van der Waals surface area contributed by atoms with E-state index >= 15 is 0 Å². The second kappa shape index (κ2) is 4.39. The van der Waals surface area contributed by atoms with Gasteiger partial charge in [-0.3, -0.25) is 0 Å². The van der Waals surface area contributed by atoms with Crippen molar-refractivity contribution in [3.63, 3.8) is 0 Å². The van der Waals surface area contributed by atoms with Crippen molar-refractivity contribution < 1.29 is 9.78 Å². The van der Waals surface area contributed by atoms with Gasteiger partial charge in [-0.15, -0.1) is 11.6 Å². The molecular formula is C12H11ClN2O2. The standard InChI is InChI=1S/C12H11ClN2O2/c13-4-11-5-14-8-15(11)6-9-1-2-10-7-16-17-12(10)3-9/h1-3,5,8H,4,6-7H2. The number of rotatable bonds is 3. The molecule has 1 aromatic carbocycles. The van der Waals surface area contributed by atoms with Crippen LogP contribution >= 0.6 is 11.6 Å². The zero-order chi connectivity index (χ0) is 11.7. The maximum atomic E-state index is 5.83. The summed E-state index contributed by atoms with van der Waals surface area (Å²) in [7, 11) is 0. The third-order valence-corrected chi connectivity index (χ3v) is 3.06. The van der Waals surface area contributed by atoms with Gasteiger partial charge in [0, 0.05) is 18.3 Å². The summed E-state index contributed by atoms with van der Waals surface area (Å²) in [5.41, 5.74) is 3.22. The van der Waals surface area contributed by atoms with Gasteiger partial charge in [-0.1, -0.05) is 12.1 Å². The maximum absolute atomic E-state index is 5.83. The molecule has 17 heavy (non-hydrogen) atoms. The van der Waals surface area contributed by atoms with Crippen LogP contribution in [0.3, 0.4) is 0 Å². The van der Waals surface area contributed by atoms with Gasteiger partial charge in [0.1, 0.15) is 6.61 Å². The number of nitrogens with zero attached hydrogens (tertiary/aromatic N) is 2. The molecule has 0 atom stereocenters. The van der Waals surface area contributed by atoms with E-state index in [1.165, 1.54) is 0 Å². The number of aromatic nitrogens is 2. The quantitative estimate of drug-likeness (QED) is 0.620. The average Bonchev–Trinajstić information content (AvgIpc) is 2.96. The van der Waals surface area contributed by atoms with Crippen LogP contribution in [-0.2, 0) is 23.9 Å². The first-order valence-corrected chi connectivity index (χ1v) is 5.86. The Morgan fingerprint density at radius 1 is 1.41 bits per heavy atom. The van der Waals surface area contributed by atoms with Crippen molar-refractivity contribution in [1.82, 2.24) is 9.55 Å². The third-order valence-electron chi connectivity index (χ3n) is 2.78. The predicted molar refractivity (Wildman–Crippen MR) is 62.7 cm³/mol. The molecule has 0 saturated heterocycles. The van der Waals surface area contributed by atoms with E-state index in [-0.39, 0.29) is 0 Å². The zero-order valence-corrected chi connectivity index (χ0v) is 9.85. The van der Waals surface area contributed by atoms with Crippen LogP contribution in [0.25, 0.3) is 0 Å². The van der Waals surface area contributed by atoms with Gasteiger partial charge in [0.2, 0.25) is 0 Å². The molecule has 0 radical (unpaired) electrons. The van der Waals surface area contributed by atoms with E-state index < -0.39 is 0 Å². The van der Waals surface area contributed by atoms with Gasteiger partial charge in [0.15, 0.2) is 5.75 Å². The van der Waals surface area contributed by atoms with Gasteiger partial charge >= 0.3 is 0 Å². The topological polar surface area (TPSA) is 36.3 Å². The molecule has 0 N–H and O–H groups in total. The largest absolute Gasteiger partial charge is 0.337 e. The van der Waals surface area contributed by atoms with E-state index in [0.29, 0.717) is 12.5 Å². The number of hydrogen-bond acceptors (Lipinski definition) is 3. The summed E-state index contributed by atoms with van der Waals surface area (Å²) < 4.78 is 2.02. The predicted octanol–water partition coefficient (Wildman–Crippen LogP) is 2.49. The molecule has 2 heterocycles. The fourth-order valence-electron chi connectivity index (χ4n) is 1.85. The fraction of sp³-hybridized carbons (Fsp3) is 0.250. The van der Waals surface area contributed by atoms with Crippen molar-refractivity contribution in [2.45, 2.75) is 19.0 Å². The van der Waals surface area contributed by atoms with E-state index in [9.17, 15) is 0 Å². The number of halogens is 1. The molecule has 1 aliphatic heterocycles. The Morgan fingerprint density at radius 2 is 2.35 bits per heavy atom. The van der Waals surface area contributed by atoms with E-state index in [1.54, 1.807) is 12.5 Å². The number of fused-ring (bicyclic) bond motifs is 1. The Morgan fingerprint density at radius 3 is 3.24 bits per heavy atom. The molecule has 4 nitrogen and oxygen atoms in total. The third kappa shape index (κ3) is 2.01. The van der Waals surface area contributed by atoms with Crippen LogP contribution in [0, 0.1) is 0 Å². The Balaban J connectivity index is 1.86. The molecule has 0 saturated carbocycles. The second-order valence-corrected chi connectivity index (χ2v) is 4.20. The van der Waals surface area contributed by atoms with E-state index in [1.807, 2.05) is 16.7 Å². The van der Waals surface area contributed by atoms with Gasteiger partial charge in [-0.25, -0.2) is 4.98 Å². The number of alkyl halides is 1. The van der Waals surface area contributed by atoms with Crippen LogP contribution in [0.2, 0.25) is 0 Å². The first-order chi connectivity index (χ1) is 8.36. The lowest BCUT2D eigenvalue weighted by atomic mass is 10.1. The highest BCUT2D eigenvalue weighted by Crippen LogP contribution is 2.27. The highest BCUT2D eigenvalue weighted by molar-refractivity contribution is 6.16. The maximum Gasteiger partial charge on any atom is 0.171 e.